The molecule has 0 saturated carbocycles. The Morgan fingerprint density at radius 2 is 1.61 bits per heavy atom. The molecule has 0 aromatic heterocycles. The topological polar surface area (TPSA) is 0 Å². The largest absolute Gasteiger partial charge is 3.00 e. The molecule has 0 nitrogen and oxygen atoms in total. The van der Waals surface area contributed by atoms with E-state index in [0.717, 1.165) is 15.4 Å². The fraction of sp³-hybridized carbons (Fsp3) is 0.0769. The first-order chi connectivity index (χ1) is 7.24. The molecular weight excluding hydrogens is 478 g/mol. The molecule has 0 bridgehead atoms. The molecular formula is C13H7Br2Cl2Zr. The summed E-state index contributed by atoms with van der Waals surface area (Å²) in [5.74, 6) is 0. The van der Waals surface area contributed by atoms with Gasteiger partial charge in [0.25, 0.3) is 0 Å². The predicted molar refractivity (Wildman–Crippen MR) is 68.9 cm³/mol. The van der Waals surface area contributed by atoms with E-state index in [4.69, 9.17) is 0 Å². The molecule has 0 N–H and O–H groups in total. The van der Waals surface area contributed by atoms with Crippen LogP contribution in [0, 0.1) is 6.07 Å². The van der Waals surface area contributed by atoms with Crippen molar-refractivity contribution in [1.29, 1.82) is 0 Å². The van der Waals surface area contributed by atoms with Crippen LogP contribution in [0.3, 0.4) is 0 Å². The van der Waals surface area contributed by atoms with Crippen LogP contribution in [-0.4, -0.2) is 0 Å². The second-order valence-corrected chi connectivity index (χ2v) is 5.52. The van der Waals surface area contributed by atoms with Gasteiger partial charge in [-0.15, -0.1) is 21.5 Å². The number of hydrogen-bond donors (Lipinski definition) is 0. The quantitative estimate of drug-likeness (QED) is 0.344. The zero-order valence-corrected chi connectivity index (χ0v) is 16.2. The molecule has 0 aliphatic heterocycles. The van der Waals surface area contributed by atoms with E-state index < -0.39 is 0 Å². The van der Waals surface area contributed by atoms with Crippen LogP contribution < -0.4 is 24.8 Å². The van der Waals surface area contributed by atoms with Crippen LogP contribution >= 0.6 is 31.9 Å². The Morgan fingerprint density at radius 3 is 2.33 bits per heavy atom. The predicted octanol–water partition coefficient (Wildman–Crippen LogP) is -1.41. The molecule has 1 aliphatic carbocycles. The number of hydrogen-bond acceptors (Lipinski definition) is 0. The minimum absolute atomic E-state index is 0. The monoisotopic (exact) mass is 481 g/mol. The van der Waals surface area contributed by atoms with Crippen molar-refractivity contribution in [3.8, 4) is 11.1 Å². The SMILES string of the molecule is Brc1c[c-]c2c(c1)-c1cc(Br)ccc1C2.[Cl-].[Cl-].[Zr+3]. The van der Waals surface area contributed by atoms with Gasteiger partial charge >= 0.3 is 26.2 Å². The van der Waals surface area contributed by atoms with Crippen molar-refractivity contribution in [2.45, 2.75) is 6.42 Å². The molecule has 0 fully saturated rings. The molecule has 18 heavy (non-hydrogen) atoms. The van der Waals surface area contributed by atoms with Gasteiger partial charge in [-0.05, 0) is 18.1 Å². The van der Waals surface area contributed by atoms with E-state index in [1.165, 1.54) is 22.3 Å². The molecule has 1 aliphatic rings. The number of fused-ring (bicyclic) bond motifs is 3. The van der Waals surface area contributed by atoms with Crippen molar-refractivity contribution >= 4 is 31.9 Å². The fourth-order valence-corrected chi connectivity index (χ4v) is 2.74. The molecule has 2 aromatic rings. The van der Waals surface area contributed by atoms with Crippen molar-refractivity contribution in [1.82, 2.24) is 0 Å². The van der Waals surface area contributed by atoms with Crippen LogP contribution in [-0.2, 0) is 32.6 Å². The Bertz CT molecular complexity index is 509. The minimum atomic E-state index is 0. The Kier molecular flexibility index (Phi) is 7.96. The van der Waals surface area contributed by atoms with E-state index in [-0.39, 0.29) is 51.0 Å². The van der Waals surface area contributed by atoms with Crippen molar-refractivity contribution in [3.05, 3.63) is 56.5 Å². The van der Waals surface area contributed by atoms with Crippen LogP contribution in [0.1, 0.15) is 11.1 Å². The van der Waals surface area contributed by atoms with E-state index in [0.29, 0.717) is 0 Å². The van der Waals surface area contributed by atoms with Gasteiger partial charge in [0.2, 0.25) is 0 Å². The Labute approximate surface area is 155 Å². The van der Waals surface area contributed by atoms with Gasteiger partial charge in [-0.25, -0.2) is 0 Å². The van der Waals surface area contributed by atoms with E-state index in [1.54, 1.807) is 0 Å². The first kappa shape index (κ1) is 18.9. The summed E-state index contributed by atoms with van der Waals surface area (Å²) in [6.07, 6.45) is 1.01. The Balaban J connectivity index is 0.000000963. The van der Waals surface area contributed by atoms with Crippen LogP contribution in [0.15, 0.2) is 39.3 Å². The van der Waals surface area contributed by atoms with Crippen molar-refractivity contribution in [2.75, 3.05) is 0 Å². The summed E-state index contributed by atoms with van der Waals surface area (Å²) in [7, 11) is 0. The van der Waals surface area contributed by atoms with E-state index in [1.807, 2.05) is 6.07 Å². The third kappa shape index (κ3) is 3.49. The first-order valence-corrected chi connectivity index (χ1v) is 6.31. The van der Waals surface area contributed by atoms with E-state index in [9.17, 15) is 0 Å². The Morgan fingerprint density at radius 1 is 0.944 bits per heavy atom. The van der Waals surface area contributed by atoms with Crippen molar-refractivity contribution in [3.63, 3.8) is 0 Å². The molecule has 0 heterocycles. The summed E-state index contributed by atoms with van der Waals surface area (Å²) in [6, 6.07) is 13.9. The second-order valence-electron chi connectivity index (χ2n) is 3.69. The summed E-state index contributed by atoms with van der Waals surface area (Å²) in [5, 5.41) is 0. The van der Waals surface area contributed by atoms with Gasteiger partial charge in [-0.1, -0.05) is 38.1 Å². The third-order valence-corrected chi connectivity index (χ3v) is 3.67. The van der Waals surface area contributed by atoms with Gasteiger partial charge in [0.1, 0.15) is 0 Å². The average molecular weight is 485 g/mol. The van der Waals surface area contributed by atoms with E-state index >= 15 is 0 Å². The van der Waals surface area contributed by atoms with Crippen molar-refractivity contribution in [2.24, 2.45) is 0 Å². The maximum atomic E-state index is 3.51. The van der Waals surface area contributed by atoms with Crippen LogP contribution in [0.5, 0.6) is 0 Å². The number of halogens is 4. The molecule has 3 rings (SSSR count). The standard InChI is InChI=1S/C13H7Br2.2ClH.Zr/c14-10-3-1-8-5-9-2-4-11(15)7-13(9)12(8)6-10;;;/h1,3-4,6-7H,5H2;2*1H;/q-1;;;+3/p-2. The van der Waals surface area contributed by atoms with Gasteiger partial charge in [-0.3, -0.25) is 0 Å². The molecule has 0 amide bonds. The summed E-state index contributed by atoms with van der Waals surface area (Å²) < 4.78 is 2.23. The summed E-state index contributed by atoms with van der Waals surface area (Å²) in [5.41, 5.74) is 5.33. The smallest absolute Gasteiger partial charge is 1.00 e. The minimum Gasteiger partial charge on any atom is -1.00 e. The zero-order valence-electron chi connectivity index (χ0n) is 9.11. The second kappa shape index (κ2) is 7.59. The van der Waals surface area contributed by atoms with Crippen LogP contribution in [0.2, 0.25) is 0 Å². The number of benzene rings is 2. The molecule has 5 heteroatoms. The van der Waals surface area contributed by atoms with Gasteiger partial charge in [0, 0.05) is 4.47 Å². The molecule has 0 spiro atoms. The van der Waals surface area contributed by atoms with Crippen molar-refractivity contribution < 1.29 is 51.0 Å². The molecule has 91 valence electrons. The van der Waals surface area contributed by atoms with E-state index in [2.05, 4.69) is 62.2 Å². The van der Waals surface area contributed by atoms with Gasteiger partial charge in [0.05, 0.1) is 0 Å². The molecule has 2 aromatic carbocycles. The molecule has 0 unspecified atom stereocenters. The summed E-state index contributed by atoms with van der Waals surface area (Å²) >= 11 is 7.01. The third-order valence-electron chi connectivity index (χ3n) is 2.72. The summed E-state index contributed by atoms with van der Waals surface area (Å²) in [4.78, 5) is 0. The van der Waals surface area contributed by atoms with Gasteiger partial charge < -0.3 is 24.8 Å². The first-order valence-electron chi connectivity index (χ1n) is 4.73. The summed E-state index contributed by atoms with van der Waals surface area (Å²) in [6.45, 7) is 0. The molecule has 0 atom stereocenters. The van der Waals surface area contributed by atoms with Gasteiger partial charge in [-0.2, -0.15) is 23.8 Å². The normalized spacial score (nSPS) is 10.3. The maximum Gasteiger partial charge on any atom is 3.00 e. The van der Waals surface area contributed by atoms with Crippen LogP contribution in [0.4, 0.5) is 0 Å². The maximum absolute atomic E-state index is 3.51. The fourth-order valence-electron chi connectivity index (χ4n) is 2.03. The average Bonchev–Trinajstić information content (AvgIpc) is 2.56. The number of rotatable bonds is 0. The van der Waals surface area contributed by atoms with Crippen LogP contribution in [0.25, 0.3) is 11.1 Å². The Hall–Kier alpha value is 0.863. The molecule has 1 radical (unpaired) electrons. The van der Waals surface area contributed by atoms with Gasteiger partial charge in [0.15, 0.2) is 0 Å². The zero-order chi connectivity index (χ0) is 10.4. The molecule has 0 saturated heterocycles.